The normalized spacial score (nSPS) is 25.3. The smallest absolute Gasteiger partial charge is 0.451 e. The van der Waals surface area contributed by atoms with Gasteiger partial charge in [0.05, 0.1) is 5.60 Å². The highest BCUT2D eigenvalue weighted by Crippen LogP contribution is 2.27. The van der Waals surface area contributed by atoms with Crippen LogP contribution in [-0.4, -0.2) is 69.0 Å². The lowest BCUT2D eigenvalue weighted by molar-refractivity contribution is -0.144. The van der Waals surface area contributed by atoms with E-state index in [0.29, 0.717) is 25.8 Å². The number of carbonyl (C=O) groups excluding carboxylic acids is 1. The van der Waals surface area contributed by atoms with Gasteiger partial charge in [-0.15, -0.1) is 0 Å². The van der Waals surface area contributed by atoms with E-state index in [0.717, 1.165) is 0 Å². The number of hydrogen-bond donors (Lipinski definition) is 7. The van der Waals surface area contributed by atoms with Gasteiger partial charge in [-0.1, -0.05) is 12.8 Å². The molecule has 1 aliphatic heterocycles. The zero-order valence-corrected chi connectivity index (χ0v) is 14.2. The number of nitrogens with two attached hydrogens (primary N) is 1. The fraction of sp³-hybridized carbons (Fsp3) is 0.857. The van der Waals surface area contributed by atoms with E-state index >= 15 is 0 Å². The van der Waals surface area contributed by atoms with Crippen LogP contribution in [0.15, 0.2) is 0 Å². The van der Waals surface area contributed by atoms with E-state index in [4.69, 9.17) is 15.8 Å². The molecule has 0 spiro atoms. The highest BCUT2D eigenvalue weighted by molar-refractivity contribution is 6.40. The van der Waals surface area contributed by atoms with Crippen LogP contribution in [0.2, 0.25) is 6.32 Å². The van der Waals surface area contributed by atoms with Crippen LogP contribution < -0.4 is 16.4 Å². The van der Waals surface area contributed by atoms with E-state index in [2.05, 4.69) is 10.6 Å². The zero-order valence-electron chi connectivity index (χ0n) is 14.2. The zero-order chi connectivity index (χ0) is 18.5. The van der Waals surface area contributed by atoms with Crippen LogP contribution in [0, 0.1) is 0 Å². The first kappa shape index (κ1) is 20.8. The number of carboxylic acids is 1. The number of nitrogens with one attached hydrogen (secondary N) is 2. The molecule has 0 aromatic heterocycles. The summed E-state index contributed by atoms with van der Waals surface area (Å²) in [7, 11) is -1.39. The van der Waals surface area contributed by atoms with Crippen molar-refractivity contribution in [2.75, 3.05) is 6.54 Å². The van der Waals surface area contributed by atoms with E-state index in [1.807, 2.05) is 0 Å². The van der Waals surface area contributed by atoms with Crippen LogP contribution in [0.1, 0.15) is 39.5 Å². The average Bonchev–Trinajstić information content (AvgIpc) is 2.86. The van der Waals surface area contributed by atoms with Crippen LogP contribution in [0.4, 0.5) is 0 Å². The van der Waals surface area contributed by atoms with Crippen molar-refractivity contribution in [2.24, 2.45) is 5.73 Å². The predicted octanol–water partition coefficient (Wildman–Crippen LogP) is -1.97. The van der Waals surface area contributed by atoms with E-state index in [9.17, 15) is 19.8 Å². The summed E-state index contributed by atoms with van der Waals surface area (Å²) in [6, 6.07) is -1.51. The average molecular weight is 345 g/mol. The Bertz CT molecular complexity index is 456. The summed E-state index contributed by atoms with van der Waals surface area (Å²) >= 11 is 0. The molecule has 1 unspecified atom stereocenters. The maximum Gasteiger partial charge on any atom is 0.451 e. The summed E-state index contributed by atoms with van der Waals surface area (Å²) in [5.74, 6) is -1.53. The molecule has 3 atom stereocenters. The van der Waals surface area contributed by atoms with Gasteiger partial charge in [0.25, 0.3) is 0 Å². The SMILES string of the molecule is CC(C)(O)C(N)C(=O)N[C@H]1CN[C@@](CCCCB(O)O)(C(=O)O)C1. The Morgan fingerprint density at radius 2 is 2.04 bits per heavy atom. The van der Waals surface area contributed by atoms with Crippen molar-refractivity contribution in [2.45, 2.75) is 69.1 Å². The number of carbonyl (C=O) groups is 2. The van der Waals surface area contributed by atoms with Gasteiger partial charge < -0.3 is 31.3 Å². The number of aliphatic carboxylic acids is 1. The molecule has 10 heteroatoms. The first-order valence-corrected chi connectivity index (χ1v) is 8.11. The first-order chi connectivity index (χ1) is 11.0. The Morgan fingerprint density at radius 1 is 1.42 bits per heavy atom. The second-order valence-corrected chi connectivity index (χ2v) is 7.04. The Balaban J connectivity index is 2.58. The largest absolute Gasteiger partial charge is 0.480 e. The molecule has 0 aromatic rings. The number of aliphatic hydroxyl groups is 1. The molecule has 0 saturated carbocycles. The topological polar surface area (TPSA) is 165 Å². The maximum atomic E-state index is 12.0. The molecule has 1 saturated heterocycles. The molecule has 8 N–H and O–H groups in total. The Kier molecular flexibility index (Phi) is 7.17. The molecule has 1 aliphatic rings. The molecular formula is C14H28BN3O6. The van der Waals surface area contributed by atoms with Crippen LogP contribution in [-0.2, 0) is 9.59 Å². The van der Waals surface area contributed by atoms with Crippen molar-refractivity contribution in [3.63, 3.8) is 0 Å². The molecule has 0 radical (unpaired) electrons. The van der Waals surface area contributed by atoms with Gasteiger partial charge >= 0.3 is 13.1 Å². The second kappa shape index (κ2) is 8.26. The number of amides is 1. The van der Waals surface area contributed by atoms with E-state index in [-0.39, 0.29) is 12.7 Å². The van der Waals surface area contributed by atoms with E-state index in [1.165, 1.54) is 13.8 Å². The van der Waals surface area contributed by atoms with E-state index in [1.54, 1.807) is 0 Å². The molecule has 0 aromatic carbocycles. The minimum absolute atomic E-state index is 0.191. The molecule has 0 bridgehead atoms. The second-order valence-electron chi connectivity index (χ2n) is 7.04. The summed E-state index contributed by atoms with van der Waals surface area (Å²) in [5, 5.41) is 42.6. The third-order valence-electron chi connectivity index (χ3n) is 4.40. The van der Waals surface area contributed by atoms with Crippen LogP contribution in [0.25, 0.3) is 0 Å². The third-order valence-corrected chi connectivity index (χ3v) is 4.40. The molecule has 1 amide bonds. The fourth-order valence-corrected chi connectivity index (χ4v) is 2.81. The lowest BCUT2D eigenvalue weighted by Crippen LogP contribution is -2.55. The maximum absolute atomic E-state index is 12.0. The monoisotopic (exact) mass is 345 g/mol. The summed E-state index contributed by atoms with van der Waals surface area (Å²) in [6.45, 7) is 3.15. The van der Waals surface area contributed by atoms with Gasteiger partial charge in [-0.2, -0.15) is 0 Å². The van der Waals surface area contributed by atoms with Crippen molar-refractivity contribution in [1.29, 1.82) is 0 Å². The fourth-order valence-electron chi connectivity index (χ4n) is 2.81. The lowest BCUT2D eigenvalue weighted by Gasteiger charge is -2.27. The highest BCUT2D eigenvalue weighted by atomic mass is 16.4. The van der Waals surface area contributed by atoms with Gasteiger partial charge in [0.15, 0.2) is 0 Å². The molecule has 138 valence electrons. The van der Waals surface area contributed by atoms with Crippen molar-refractivity contribution >= 4 is 19.0 Å². The van der Waals surface area contributed by atoms with Gasteiger partial charge in [0.2, 0.25) is 5.91 Å². The molecule has 0 aliphatic carbocycles. The number of carboxylic acid groups (broad SMARTS) is 1. The molecular weight excluding hydrogens is 317 g/mol. The first-order valence-electron chi connectivity index (χ1n) is 8.11. The number of unbranched alkanes of at least 4 members (excludes halogenated alkanes) is 1. The Hall–Kier alpha value is -1.20. The number of rotatable bonds is 9. The van der Waals surface area contributed by atoms with Crippen LogP contribution in [0.5, 0.6) is 0 Å². The van der Waals surface area contributed by atoms with Gasteiger partial charge in [-0.25, -0.2) is 0 Å². The van der Waals surface area contributed by atoms with Crippen molar-refractivity contribution in [1.82, 2.24) is 10.6 Å². The lowest BCUT2D eigenvalue weighted by atomic mass is 9.81. The molecule has 9 nitrogen and oxygen atoms in total. The Morgan fingerprint density at radius 3 is 2.54 bits per heavy atom. The van der Waals surface area contributed by atoms with E-state index < -0.39 is 42.2 Å². The summed E-state index contributed by atoms with van der Waals surface area (Å²) < 4.78 is 0. The molecule has 24 heavy (non-hydrogen) atoms. The number of hydrogen-bond acceptors (Lipinski definition) is 7. The van der Waals surface area contributed by atoms with Gasteiger partial charge in [0.1, 0.15) is 11.6 Å². The Labute approximate surface area is 141 Å². The van der Waals surface area contributed by atoms with Gasteiger partial charge in [-0.3, -0.25) is 14.9 Å². The summed E-state index contributed by atoms with van der Waals surface area (Å²) in [6.07, 6.45) is 1.72. The standard InChI is InChI=1S/C14H28BN3O6/c1-13(2,22)10(16)11(19)18-9-7-14(12(20)21,17-8-9)5-3-4-6-15(23)24/h9-10,17,22-24H,3-8,16H2,1-2H3,(H,18,19)(H,20,21)/t9-,10?,14-/m1/s1. The summed E-state index contributed by atoms with van der Waals surface area (Å²) in [4.78, 5) is 23.7. The van der Waals surface area contributed by atoms with Crippen molar-refractivity contribution < 1.29 is 29.9 Å². The minimum Gasteiger partial charge on any atom is -0.480 e. The van der Waals surface area contributed by atoms with Gasteiger partial charge in [-0.05, 0) is 33.0 Å². The van der Waals surface area contributed by atoms with Gasteiger partial charge in [0, 0.05) is 12.6 Å². The highest BCUT2D eigenvalue weighted by Gasteiger charge is 2.45. The van der Waals surface area contributed by atoms with Crippen molar-refractivity contribution in [3.05, 3.63) is 0 Å². The summed E-state index contributed by atoms with van der Waals surface area (Å²) in [5.41, 5.74) is 3.15. The van der Waals surface area contributed by atoms with Crippen LogP contribution >= 0.6 is 0 Å². The molecule has 1 rings (SSSR count). The molecule has 1 fully saturated rings. The predicted molar refractivity (Wildman–Crippen MR) is 88.0 cm³/mol. The quantitative estimate of drug-likeness (QED) is 0.187. The third kappa shape index (κ3) is 5.71. The van der Waals surface area contributed by atoms with Crippen molar-refractivity contribution in [3.8, 4) is 0 Å². The van der Waals surface area contributed by atoms with Crippen LogP contribution in [0.3, 0.4) is 0 Å². The minimum atomic E-state index is -1.39. The molecule has 1 heterocycles.